The summed E-state index contributed by atoms with van der Waals surface area (Å²) in [5, 5.41) is 3.99. The Morgan fingerprint density at radius 1 is 0.565 bits per heavy atom. The Bertz CT molecular complexity index is 3970. The van der Waals surface area contributed by atoms with Crippen molar-refractivity contribution in [1.82, 2.24) is 24.2 Å². The highest BCUT2D eigenvalue weighted by atomic mass is 32.2. The second-order valence-corrected chi connectivity index (χ2v) is 26.0. The Morgan fingerprint density at radius 3 is 1.34 bits per heavy atom. The molecule has 2 N–H and O–H groups in total. The van der Waals surface area contributed by atoms with Crippen LogP contribution in [0.3, 0.4) is 0 Å². The van der Waals surface area contributed by atoms with Crippen LogP contribution in [0.25, 0.3) is 0 Å². The van der Waals surface area contributed by atoms with Crippen molar-refractivity contribution in [2.24, 2.45) is 5.14 Å². The number of hydrogen-bond donors (Lipinski definition) is 1. The average Bonchev–Trinajstić information content (AvgIpc) is 1.04. The van der Waals surface area contributed by atoms with Gasteiger partial charge in [0, 0.05) is 125 Å². The minimum Gasteiger partial charge on any atom is -0.497 e. The molecule has 4 aromatic heterocycles. The molecule has 2 aliphatic heterocycles. The predicted octanol–water partition coefficient (Wildman–Crippen LogP) is 11.3. The number of carbonyl (C=O) groups excluding carboxylic acids is 2. The number of pyridine rings is 4. The highest BCUT2D eigenvalue weighted by Crippen LogP contribution is 2.50. The second kappa shape index (κ2) is 25.8. The largest absolute Gasteiger partial charge is 0.497 e. The van der Waals surface area contributed by atoms with Crippen molar-refractivity contribution in [1.29, 1.82) is 0 Å². The Labute approximate surface area is 522 Å². The van der Waals surface area contributed by atoms with Crippen LogP contribution >= 0.6 is 0 Å². The number of carbonyl (C=O) groups is 2. The molecule has 0 unspecified atom stereocenters. The third-order valence-electron chi connectivity index (χ3n) is 16.2. The molecular formula is C60H62F10N10O10S2. The molecule has 92 heavy (non-hydrogen) atoms. The number of nitrogens with two attached hydrogens (primary N) is 1. The first kappa shape index (κ1) is 66.8. The molecule has 32 heteroatoms. The summed E-state index contributed by atoms with van der Waals surface area (Å²) < 4.78 is 236. The Balaban J connectivity index is 1.27. The number of rotatable bonds is 19. The zero-order valence-electron chi connectivity index (χ0n) is 49.8. The highest BCUT2D eigenvalue weighted by Gasteiger charge is 2.47. The van der Waals surface area contributed by atoms with Gasteiger partial charge in [-0.25, -0.2) is 69.5 Å². The number of hydrazine groups is 1. The smallest absolute Gasteiger partial charge is 0.418 e. The van der Waals surface area contributed by atoms with E-state index in [9.17, 15) is 8.42 Å². The van der Waals surface area contributed by atoms with E-state index in [4.69, 9.17) is 24.1 Å². The van der Waals surface area contributed by atoms with Crippen LogP contribution in [0.15, 0.2) is 95.2 Å². The van der Waals surface area contributed by atoms with Gasteiger partial charge in [-0.15, -0.1) is 0 Å². The fraction of sp³-hybridized carbons (Fsp3) is 0.433. The first-order valence-corrected chi connectivity index (χ1v) is 31.9. The van der Waals surface area contributed by atoms with Crippen LogP contribution in [-0.2, 0) is 45.5 Å². The number of ether oxygens (including phenoxy) is 4. The number of aromatic nitrogens is 4. The van der Waals surface area contributed by atoms with E-state index in [0.29, 0.717) is 35.8 Å². The summed E-state index contributed by atoms with van der Waals surface area (Å²) in [6.07, 6.45) is -12.1. The zero-order chi connectivity index (χ0) is 66.5. The summed E-state index contributed by atoms with van der Waals surface area (Å²) in [6, 6.07) is 12.7. The van der Waals surface area contributed by atoms with E-state index >= 15 is 61.9 Å². The molecule has 6 aromatic rings. The van der Waals surface area contributed by atoms with Crippen molar-refractivity contribution >= 4 is 54.9 Å². The minimum absolute atomic E-state index is 0.125. The maximum absolute atomic E-state index is 16.6. The van der Waals surface area contributed by atoms with Gasteiger partial charge in [0.2, 0.25) is 11.8 Å². The Hall–Kier alpha value is -8.10. The number of methoxy groups -OCH3 is 4. The van der Waals surface area contributed by atoms with Crippen molar-refractivity contribution in [3.8, 4) is 23.0 Å². The van der Waals surface area contributed by atoms with Crippen LogP contribution in [0.4, 0.5) is 66.9 Å². The molecule has 0 spiro atoms. The lowest BCUT2D eigenvalue weighted by molar-refractivity contribution is -0.139. The van der Waals surface area contributed by atoms with Crippen LogP contribution < -0.4 is 43.9 Å². The van der Waals surface area contributed by atoms with E-state index in [0.717, 1.165) is 38.6 Å². The zero-order valence-corrected chi connectivity index (χ0v) is 51.5. The quantitative estimate of drug-likeness (QED) is 0.0586. The predicted molar refractivity (Wildman–Crippen MR) is 313 cm³/mol. The second-order valence-electron chi connectivity index (χ2n) is 22.6. The van der Waals surface area contributed by atoms with Gasteiger partial charge < -0.3 is 28.7 Å². The van der Waals surface area contributed by atoms with Crippen LogP contribution in [0.1, 0.15) is 130 Å². The van der Waals surface area contributed by atoms with Crippen molar-refractivity contribution < 1.29 is 89.3 Å². The molecule has 0 atom stereocenters. The first-order valence-electron chi connectivity index (χ1n) is 28.9. The molecule has 4 aliphatic rings. The van der Waals surface area contributed by atoms with E-state index in [2.05, 4.69) is 19.9 Å². The van der Waals surface area contributed by atoms with Crippen LogP contribution in [0.5, 0.6) is 23.0 Å². The van der Waals surface area contributed by atoms with E-state index < -0.39 is 186 Å². The van der Waals surface area contributed by atoms with E-state index in [1.54, 1.807) is 0 Å². The summed E-state index contributed by atoms with van der Waals surface area (Å²) in [5.41, 5.74) is -7.51. The van der Waals surface area contributed by atoms with Gasteiger partial charge in [0.25, 0.3) is 31.9 Å². The van der Waals surface area contributed by atoms with Gasteiger partial charge in [-0.2, -0.15) is 30.6 Å². The van der Waals surface area contributed by atoms with Gasteiger partial charge in [-0.05, 0) is 74.9 Å². The SMILES string of the molecule is COc1ccc(CN(Cc2ccc(OC)cc2OC)S(=O)(=O)c2cc(N(C(=O)c3cc(C(F)(F)F)c(C4CC4)nc3N3CCCC(F)(F)CC3)N(C(=O)c3cc(C(F)(F)F)c(C4CC4)nc3N3CCCC(F)(F)CC3)c3ccnc(S(N)(=O)=O)c3)ccn2)c(OC)c1. The molecule has 10 rings (SSSR count). The lowest BCUT2D eigenvalue weighted by atomic mass is 10.0. The van der Waals surface area contributed by atoms with Gasteiger partial charge in [0.05, 0.1) is 73.5 Å². The summed E-state index contributed by atoms with van der Waals surface area (Å²) >= 11 is 0. The molecule has 2 aliphatic carbocycles. The number of alkyl halides is 10. The summed E-state index contributed by atoms with van der Waals surface area (Å²) in [4.78, 5) is 52.2. The van der Waals surface area contributed by atoms with E-state index in [1.807, 2.05) is 0 Å². The molecule has 0 bridgehead atoms. The van der Waals surface area contributed by atoms with Gasteiger partial charge in [-0.1, -0.05) is 12.1 Å². The van der Waals surface area contributed by atoms with Gasteiger partial charge >= 0.3 is 12.4 Å². The molecular weight excluding hydrogens is 1270 g/mol. The number of anilines is 4. The Morgan fingerprint density at radius 2 is 0.967 bits per heavy atom. The molecule has 2 saturated heterocycles. The molecule has 2 saturated carbocycles. The molecule has 0 radical (unpaired) electrons. The van der Waals surface area contributed by atoms with Gasteiger partial charge in [0.15, 0.2) is 10.1 Å². The normalized spacial score (nSPS) is 17.2. The molecule has 4 fully saturated rings. The van der Waals surface area contributed by atoms with Gasteiger partial charge in [0.1, 0.15) is 34.6 Å². The van der Waals surface area contributed by atoms with Gasteiger partial charge in [-0.3, -0.25) is 9.59 Å². The average molecular weight is 1340 g/mol. The van der Waals surface area contributed by atoms with Crippen molar-refractivity contribution in [2.75, 3.05) is 74.4 Å². The Kier molecular flexibility index (Phi) is 18.7. The van der Waals surface area contributed by atoms with Crippen LogP contribution in [-0.4, -0.2) is 119 Å². The highest BCUT2D eigenvalue weighted by molar-refractivity contribution is 7.89. The van der Waals surface area contributed by atoms with E-state index in [1.165, 1.54) is 64.8 Å². The summed E-state index contributed by atoms with van der Waals surface area (Å²) in [6.45, 7) is -3.02. The third kappa shape index (κ3) is 14.6. The lowest BCUT2D eigenvalue weighted by Gasteiger charge is -2.37. The molecule has 6 heterocycles. The van der Waals surface area contributed by atoms with Crippen molar-refractivity contribution in [3.63, 3.8) is 0 Å². The summed E-state index contributed by atoms with van der Waals surface area (Å²) in [5.74, 6) is -12.2. The molecule has 2 amide bonds. The maximum Gasteiger partial charge on any atom is 0.418 e. The van der Waals surface area contributed by atoms with Crippen LogP contribution in [0, 0.1) is 0 Å². The van der Waals surface area contributed by atoms with Crippen molar-refractivity contribution in [3.05, 3.63) is 130 Å². The number of benzene rings is 2. The lowest BCUT2D eigenvalue weighted by Crippen LogP contribution is -2.52. The first-order chi connectivity index (χ1) is 43.3. The topological polar surface area (TPSA) is 233 Å². The maximum atomic E-state index is 16.6. The number of primary sulfonamides is 1. The molecule has 2 aromatic carbocycles. The number of nitrogens with zero attached hydrogens (tertiary/aromatic N) is 9. The molecule has 20 nitrogen and oxygen atoms in total. The fourth-order valence-electron chi connectivity index (χ4n) is 11.1. The summed E-state index contributed by atoms with van der Waals surface area (Å²) in [7, 11) is -4.81. The third-order valence-corrected chi connectivity index (χ3v) is 18.7. The van der Waals surface area contributed by atoms with E-state index in [-0.39, 0.29) is 84.3 Å². The number of sulfonamides is 2. The number of halogens is 10. The monoisotopic (exact) mass is 1340 g/mol. The number of amides is 2. The fourth-order valence-corrected chi connectivity index (χ4v) is 12.9. The van der Waals surface area contributed by atoms with Crippen LogP contribution in [0.2, 0.25) is 0 Å². The standard InChI is InChI=1S/C60H62F10N10O10S2/c1-87-41-13-11-37(47(29-41)89-3)33-78(34-38-12-14-42(88-2)30-48(38)90-4)92(85,86)50-28-40(16-22-73-50)80(56(82)44-32-46(60(68,69)70)52(36-9-10-36)75-54(44)77-24-6-18-58(63,64)20-26-77)79(39-15-21-72-49(27-39)91(71,83)84)55(81)43-31-45(59(65,66)67)51(35-7-8-35)74-53(43)76-23-5-17-57(61,62)19-25-76/h11-16,21-22,27-32,35-36H,5-10,17-20,23-26,33-34H2,1-4H3,(H2,71,83,84). The van der Waals surface area contributed by atoms with Crippen molar-refractivity contribution in [2.45, 2.75) is 123 Å². The minimum atomic E-state index is -5.32. The molecule has 494 valence electrons. The number of hydrogen-bond acceptors (Lipinski definition) is 16.